The number of aryl methyl sites for hydroxylation is 1. The van der Waals surface area contributed by atoms with Gasteiger partial charge in [-0.15, -0.1) is 0 Å². The molecule has 0 bridgehead atoms. The van der Waals surface area contributed by atoms with Crippen LogP contribution in [0.1, 0.15) is 18.2 Å². The fourth-order valence-electron chi connectivity index (χ4n) is 2.38. The average molecular weight is 314 g/mol. The van der Waals surface area contributed by atoms with Gasteiger partial charge in [0.2, 0.25) is 0 Å². The molecule has 0 radical (unpaired) electrons. The molecule has 122 valence electrons. The van der Waals surface area contributed by atoms with Crippen LogP contribution in [-0.2, 0) is 16.1 Å². The molecule has 0 spiro atoms. The third-order valence-corrected chi connectivity index (χ3v) is 3.57. The Morgan fingerprint density at radius 2 is 2.09 bits per heavy atom. The molecule has 3 atom stereocenters. The molecule has 2 heterocycles. The highest BCUT2D eigenvalue weighted by Crippen LogP contribution is 2.27. The molecule has 1 fully saturated rings. The Bertz CT molecular complexity index is 678. The maximum atomic E-state index is 12.4. The number of hydrogen-bond donors (Lipinski definition) is 3. The Balaban J connectivity index is 2.44. The van der Waals surface area contributed by atoms with Gasteiger partial charge < -0.3 is 20.1 Å². The van der Waals surface area contributed by atoms with Gasteiger partial charge in [-0.2, -0.15) is 0 Å². The summed E-state index contributed by atoms with van der Waals surface area (Å²) in [4.78, 5) is 35.6. The van der Waals surface area contributed by atoms with Crippen molar-refractivity contribution in [1.29, 1.82) is 0 Å². The summed E-state index contributed by atoms with van der Waals surface area (Å²) in [5, 5.41) is 27.6. The summed E-state index contributed by atoms with van der Waals surface area (Å²) in [6, 6.07) is 0. The number of ketones is 1. The van der Waals surface area contributed by atoms with E-state index in [1.165, 1.54) is 13.1 Å². The van der Waals surface area contributed by atoms with Gasteiger partial charge in [0, 0.05) is 18.2 Å². The third-order valence-electron chi connectivity index (χ3n) is 3.57. The normalized spacial score (nSPS) is 24.6. The van der Waals surface area contributed by atoms with Gasteiger partial charge in [-0.3, -0.25) is 18.7 Å². The van der Waals surface area contributed by atoms with Crippen LogP contribution in [0.25, 0.3) is 0 Å². The first kappa shape index (κ1) is 16.6. The van der Waals surface area contributed by atoms with Crippen LogP contribution in [0.3, 0.4) is 0 Å². The molecule has 3 N–H and O–H groups in total. The van der Waals surface area contributed by atoms with Gasteiger partial charge in [0.05, 0.1) is 19.3 Å². The third kappa shape index (κ3) is 3.02. The zero-order valence-corrected chi connectivity index (χ0v) is 12.0. The first-order chi connectivity index (χ1) is 10.4. The number of rotatable bonds is 5. The molecule has 0 aromatic carbocycles. The molecule has 2 rings (SSSR count). The lowest BCUT2D eigenvalue weighted by Crippen LogP contribution is -2.43. The van der Waals surface area contributed by atoms with Gasteiger partial charge >= 0.3 is 5.69 Å². The minimum atomic E-state index is -0.929. The van der Waals surface area contributed by atoms with Crippen LogP contribution in [0.15, 0.2) is 15.8 Å². The summed E-state index contributed by atoms with van der Waals surface area (Å²) >= 11 is 0. The number of hydrogen-bond acceptors (Lipinski definition) is 7. The molecule has 22 heavy (non-hydrogen) atoms. The van der Waals surface area contributed by atoms with Crippen molar-refractivity contribution < 1.29 is 24.9 Å². The zero-order chi connectivity index (χ0) is 16.4. The quantitative estimate of drug-likeness (QED) is 0.548. The van der Waals surface area contributed by atoms with E-state index in [4.69, 9.17) is 14.9 Å². The highest BCUT2D eigenvalue weighted by Gasteiger charge is 2.35. The minimum Gasteiger partial charge on any atom is -0.394 e. The van der Waals surface area contributed by atoms with Crippen molar-refractivity contribution >= 4 is 5.78 Å². The van der Waals surface area contributed by atoms with Crippen LogP contribution >= 0.6 is 0 Å². The molecule has 9 heteroatoms. The average Bonchev–Trinajstić information content (AvgIpc) is 2.87. The van der Waals surface area contributed by atoms with E-state index in [-0.39, 0.29) is 12.0 Å². The topological polar surface area (TPSA) is 131 Å². The summed E-state index contributed by atoms with van der Waals surface area (Å²) < 4.78 is 7.21. The van der Waals surface area contributed by atoms with E-state index in [1.54, 1.807) is 0 Å². The van der Waals surface area contributed by atoms with Crippen molar-refractivity contribution in [3.63, 3.8) is 0 Å². The largest absolute Gasteiger partial charge is 0.394 e. The Morgan fingerprint density at radius 3 is 2.64 bits per heavy atom. The summed E-state index contributed by atoms with van der Waals surface area (Å²) in [6.07, 6.45) is -1.20. The van der Waals surface area contributed by atoms with E-state index >= 15 is 0 Å². The van der Waals surface area contributed by atoms with Gasteiger partial charge in [0.15, 0.2) is 5.78 Å². The van der Waals surface area contributed by atoms with Gasteiger partial charge in [-0.25, -0.2) is 4.79 Å². The predicted molar refractivity (Wildman–Crippen MR) is 73.4 cm³/mol. The minimum absolute atomic E-state index is 0.0801. The summed E-state index contributed by atoms with van der Waals surface area (Å²) in [5.41, 5.74) is -1.18. The number of aromatic nitrogens is 2. The van der Waals surface area contributed by atoms with Crippen molar-refractivity contribution in [2.45, 2.75) is 38.3 Å². The van der Waals surface area contributed by atoms with Crippen molar-refractivity contribution in [2.24, 2.45) is 0 Å². The number of carbonyl (C=O) groups is 1. The van der Waals surface area contributed by atoms with Gasteiger partial charge in [0.25, 0.3) is 5.56 Å². The number of aliphatic hydroxyl groups excluding tert-OH is 3. The fraction of sp³-hybridized carbons (Fsp3) is 0.615. The SMILES string of the molecule is Cc1cn([C@H]2C[C@H](O)[C@@H](CO)O2)c(=O)n(CC(=O)CO)c1=O. The standard InChI is InChI=1S/C13H18N2O7/c1-7-3-14(11-2-9(19)10(6-17)22-11)13(21)15(12(7)20)4-8(18)5-16/h3,9-11,16-17,19H,2,4-6H2,1H3/t9-,10+,11+/m0/s1. The highest BCUT2D eigenvalue weighted by molar-refractivity contribution is 5.79. The molecule has 1 aliphatic rings. The van der Waals surface area contributed by atoms with Crippen molar-refractivity contribution in [2.75, 3.05) is 13.2 Å². The Labute approximate surface area is 125 Å². The number of carbonyl (C=O) groups excluding carboxylic acids is 1. The first-order valence-electron chi connectivity index (χ1n) is 6.78. The van der Waals surface area contributed by atoms with Crippen LogP contribution in [0.4, 0.5) is 0 Å². The summed E-state index contributed by atoms with van der Waals surface area (Å²) in [5.74, 6) is -0.669. The van der Waals surface area contributed by atoms with Gasteiger partial charge in [0.1, 0.15) is 18.9 Å². The number of Topliss-reactive ketones (excluding diaryl/α,β-unsaturated/α-hetero) is 1. The molecule has 9 nitrogen and oxygen atoms in total. The first-order valence-corrected chi connectivity index (χ1v) is 6.78. The molecule has 0 aliphatic carbocycles. The number of aliphatic hydroxyl groups is 3. The van der Waals surface area contributed by atoms with Gasteiger partial charge in [-0.1, -0.05) is 0 Å². The van der Waals surface area contributed by atoms with Crippen molar-refractivity contribution in [3.8, 4) is 0 Å². The van der Waals surface area contributed by atoms with Crippen LogP contribution in [0, 0.1) is 6.92 Å². The van der Waals surface area contributed by atoms with Crippen LogP contribution in [-0.4, -0.2) is 55.7 Å². The molecule has 1 aromatic heterocycles. The van der Waals surface area contributed by atoms with E-state index in [9.17, 15) is 19.5 Å². The molecule has 0 saturated carbocycles. The molecule has 1 saturated heterocycles. The zero-order valence-electron chi connectivity index (χ0n) is 12.0. The van der Waals surface area contributed by atoms with Crippen molar-refractivity contribution in [3.05, 3.63) is 32.6 Å². The summed E-state index contributed by atoms with van der Waals surface area (Å²) in [7, 11) is 0. The lowest BCUT2D eigenvalue weighted by molar-refractivity contribution is -0.122. The van der Waals surface area contributed by atoms with E-state index in [1.807, 2.05) is 0 Å². The molecule has 1 aliphatic heterocycles. The molecule has 0 amide bonds. The molecular weight excluding hydrogens is 296 g/mol. The highest BCUT2D eigenvalue weighted by atomic mass is 16.5. The van der Waals surface area contributed by atoms with Gasteiger partial charge in [-0.05, 0) is 6.92 Å². The number of nitrogens with zero attached hydrogens (tertiary/aromatic N) is 2. The Kier molecular flexibility index (Phi) is 4.91. The molecular formula is C13H18N2O7. The van der Waals surface area contributed by atoms with E-state index in [0.29, 0.717) is 0 Å². The Hall–Kier alpha value is -1.81. The second-order valence-corrected chi connectivity index (χ2v) is 5.20. The number of ether oxygens (including phenoxy) is 1. The fourth-order valence-corrected chi connectivity index (χ4v) is 2.38. The lowest BCUT2D eigenvalue weighted by atomic mass is 10.2. The van der Waals surface area contributed by atoms with E-state index < -0.39 is 55.2 Å². The van der Waals surface area contributed by atoms with Crippen LogP contribution in [0.2, 0.25) is 0 Å². The van der Waals surface area contributed by atoms with Crippen LogP contribution in [0.5, 0.6) is 0 Å². The van der Waals surface area contributed by atoms with Crippen LogP contribution < -0.4 is 11.2 Å². The summed E-state index contributed by atoms with van der Waals surface area (Å²) in [6.45, 7) is -0.221. The molecule has 1 aromatic rings. The Morgan fingerprint density at radius 1 is 1.41 bits per heavy atom. The van der Waals surface area contributed by atoms with E-state index in [0.717, 1.165) is 9.13 Å². The maximum Gasteiger partial charge on any atom is 0.333 e. The van der Waals surface area contributed by atoms with E-state index in [2.05, 4.69) is 0 Å². The van der Waals surface area contributed by atoms with Crippen molar-refractivity contribution in [1.82, 2.24) is 9.13 Å². The smallest absolute Gasteiger partial charge is 0.333 e. The molecule has 0 unspecified atom stereocenters. The monoisotopic (exact) mass is 314 g/mol. The lowest BCUT2D eigenvalue weighted by Gasteiger charge is -2.17. The predicted octanol–water partition coefficient (Wildman–Crippen LogP) is -2.48. The second kappa shape index (κ2) is 6.53. The maximum absolute atomic E-state index is 12.4. The second-order valence-electron chi connectivity index (χ2n) is 5.20.